The van der Waals surface area contributed by atoms with E-state index in [2.05, 4.69) is 5.32 Å². The van der Waals surface area contributed by atoms with Gasteiger partial charge in [0.1, 0.15) is 0 Å². The topological polar surface area (TPSA) is 84.7 Å². The largest absolute Gasteiger partial charge is 0.450 e. The van der Waals surface area contributed by atoms with Gasteiger partial charge in [0, 0.05) is 25.6 Å². The van der Waals surface area contributed by atoms with E-state index in [0.29, 0.717) is 19.1 Å². The van der Waals surface area contributed by atoms with E-state index >= 15 is 0 Å². The average Bonchev–Trinajstić information content (AvgIpc) is 2.39. The minimum absolute atomic E-state index is 0.206. The summed E-state index contributed by atoms with van der Waals surface area (Å²) in [6, 6.07) is 0.458. The van der Waals surface area contributed by atoms with Gasteiger partial charge in [0.15, 0.2) is 0 Å². The van der Waals surface area contributed by atoms with Crippen LogP contribution in [-0.2, 0) is 9.53 Å². The van der Waals surface area contributed by atoms with E-state index in [1.807, 2.05) is 6.92 Å². The summed E-state index contributed by atoms with van der Waals surface area (Å²) >= 11 is 0. The van der Waals surface area contributed by atoms with Crippen LogP contribution in [-0.4, -0.2) is 49.2 Å². The number of unbranched alkanes of at least 4 members (excludes halogenated alkanes) is 1. The lowest BCUT2D eigenvalue weighted by Gasteiger charge is -2.31. The molecule has 110 valence electrons. The van der Waals surface area contributed by atoms with Crippen LogP contribution in [0.1, 0.15) is 39.0 Å². The minimum Gasteiger partial charge on any atom is -0.450 e. The molecule has 0 aromatic heterocycles. The second-order valence-corrected chi connectivity index (χ2v) is 4.84. The Morgan fingerprint density at radius 1 is 1.32 bits per heavy atom. The normalized spacial score (nSPS) is 16.4. The molecule has 0 saturated carbocycles. The number of nitrogens with one attached hydrogen (secondary N) is 1. The first kappa shape index (κ1) is 15.8. The second kappa shape index (κ2) is 8.74. The Bertz CT molecular complexity index is 289. The summed E-state index contributed by atoms with van der Waals surface area (Å²) in [5.41, 5.74) is 5.08. The van der Waals surface area contributed by atoms with E-state index in [-0.39, 0.29) is 12.0 Å². The number of carbonyl (C=O) groups is 2. The molecule has 1 heterocycles. The molecule has 0 unspecified atom stereocenters. The minimum atomic E-state index is -0.234. The summed E-state index contributed by atoms with van der Waals surface area (Å²) in [7, 11) is 0. The Kier molecular flexibility index (Phi) is 7.25. The summed E-state index contributed by atoms with van der Waals surface area (Å²) < 4.78 is 4.97. The molecule has 0 aliphatic carbocycles. The molecule has 0 aromatic carbocycles. The van der Waals surface area contributed by atoms with Gasteiger partial charge in [0.25, 0.3) is 0 Å². The van der Waals surface area contributed by atoms with Crippen LogP contribution in [0.25, 0.3) is 0 Å². The zero-order chi connectivity index (χ0) is 14.1. The fraction of sp³-hybridized carbons (Fsp3) is 0.846. The maximum atomic E-state index is 11.5. The number of carbonyl (C=O) groups excluding carboxylic acids is 2. The summed E-state index contributed by atoms with van der Waals surface area (Å²) in [6.07, 6.45) is 3.96. The van der Waals surface area contributed by atoms with Gasteiger partial charge < -0.3 is 20.7 Å². The Balaban J connectivity index is 2.06. The van der Waals surface area contributed by atoms with Gasteiger partial charge in [-0.05, 0) is 39.2 Å². The molecule has 2 amide bonds. The van der Waals surface area contributed by atoms with Crippen LogP contribution in [0.4, 0.5) is 4.79 Å². The van der Waals surface area contributed by atoms with Crippen molar-refractivity contribution >= 4 is 12.0 Å². The number of hydrogen-bond acceptors (Lipinski definition) is 4. The number of likely N-dealkylation sites (tertiary alicyclic amines) is 1. The van der Waals surface area contributed by atoms with Crippen molar-refractivity contribution in [2.45, 2.75) is 45.1 Å². The van der Waals surface area contributed by atoms with Crippen LogP contribution in [0.3, 0.4) is 0 Å². The molecule has 6 heteroatoms. The standard InChI is InChI=1S/C13H25N3O3/c1-2-19-13(18)16-9-6-11(7-10-16)15-8-4-3-5-12(14)17/h11,15H,2-10H2,1H3,(H2,14,17). The summed E-state index contributed by atoms with van der Waals surface area (Å²) in [4.78, 5) is 23.8. The van der Waals surface area contributed by atoms with Crippen molar-refractivity contribution in [2.24, 2.45) is 5.73 Å². The van der Waals surface area contributed by atoms with Crippen LogP contribution >= 0.6 is 0 Å². The molecule has 1 saturated heterocycles. The number of piperidine rings is 1. The van der Waals surface area contributed by atoms with E-state index < -0.39 is 0 Å². The SMILES string of the molecule is CCOC(=O)N1CCC(NCCCCC(N)=O)CC1. The smallest absolute Gasteiger partial charge is 0.409 e. The zero-order valence-electron chi connectivity index (χ0n) is 11.7. The highest BCUT2D eigenvalue weighted by Gasteiger charge is 2.22. The lowest BCUT2D eigenvalue weighted by Crippen LogP contribution is -2.45. The first-order valence-electron chi connectivity index (χ1n) is 7.07. The predicted molar refractivity (Wildman–Crippen MR) is 72.7 cm³/mol. The van der Waals surface area contributed by atoms with Crippen LogP contribution in [0, 0.1) is 0 Å². The number of nitrogens with zero attached hydrogens (tertiary/aromatic N) is 1. The molecule has 3 N–H and O–H groups in total. The van der Waals surface area contributed by atoms with Gasteiger partial charge in [-0.15, -0.1) is 0 Å². The molecule has 0 spiro atoms. The van der Waals surface area contributed by atoms with Crippen molar-refractivity contribution in [1.29, 1.82) is 0 Å². The van der Waals surface area contributed by atoms with Gasteiger partial charge in [-0.1, -0.05) is 0 Å². The number of nitrogens with two attached hydrogens (primary N) is 1. The molecule has 1 aliphatic rings. The van der Waals surface area contributed by atoms with Crippen LogP contribution in [0.5, 0.6) is 0 Å². The van der Waals surface area contributed by atoms with Crippen molar-refractivity contribution in [2.75, 3.05) is 26.2 Å². The Hall–Kier alpha value is -1.30. The molecule has 0 aromatic rings. The van der Waals surface area contributed by atoms with E-state index in [1.54, 1.807) is 4.90 Å². The van der Waals surface area contributed by atoms with Gasteiger partial charge in [-0.3, -0.25) is 4.79 Å². The molecule has 6 nitrogen and oxygen atoms in total. The third-order valence-corrected chi connectivity index (χ3v) is 3.30. The molecule has 0 bridgehead atoms. The molecule has 0 radical (unpaired) electrons. The zero-order valence-corrected chi connectivity index (χ0v) is 11.7. The van der Waals surface area contributed by atoms with E-state index in [9.17, 15) is 9.59 Å². The van der Waals surface area contributed by atoms with Gasteiger partial charge in [0.2, 0.25) is 5.91 Å². The Morgan fingerprint density at radius 2 is 2.00 bits per heavy atom. The highest BCUT2D eigenvalue weighted by molar-refractivity contribution is 5.73. The molecule has 1 aliphatic heterocycles. The van der Waals surface area contributed by atoms with E-state index in [4.69, 9.17) is 10.5 Å². The first-order chi connectivity index (χ1) is 9.13. The molecule has 0 atom stereocenters. The highest BCUT2D eigenvalue weighted by atomic mass is 16.6. The molecule has 1 rings (SSSR count). The van der Waals surface area contributed by atoms with Crippen LogP contribution in [0.2, 0.25) is 0 Å². The van der Waals surface area contributed by atoms with Crippen molar-refractivity contribution in [3.63, 3.8) is 0 Å². The van der Waals surface area contributed by atoms with Crippen LogP contribution < -0.4 is 11.1 Å². The Morgan fingerprint density at radius 3 is 2.58 bits per heavy atom. The number of primary amides is 1. The Labute approximate surface area is 114 Å². The van der Waals surface area contributed by atoms with Gasteiger partial charge >= 0.3 is 6.09 Å². The van der Waals surface area contributed by atoms with E-state index in [0.717, 1.165) is 45.3 Å². The first-order valence-corrected chi connectivity index (χ1v) is 7.07. The van der Waals surface area contributed by atoms with Crippen molar-refractivity contribution in [3.8, 4) is 0 Å². The maximum absolute atomic E-state index is 11.5. The average molecular weight is 271 g/mol. The molecular formula is C13H25N3O3. The van der Waals surface area contributed by atoms with Gasteiger partial charge in [0.05, 0.1) is 6.61 Å². The maximum Gasteiger partial charge on any atom is 0.409 e. The number of hydrogen-bond donors (Lipinski definition) is 2. The van der Waals surface area contributed by atoms with Crippen LogP contribution in [0.15, 0.2) is 0 Å². The summed E-state index contributed by atoms with van der Waals surface area (Å²) in [5, 5.41) is 3.46. The lowest BCUT2D eigenvalue weighted by atomic mass is 10.1. The van der Waals surface area contributed by atoms with Crippen molar-refractivity contribution in [3.05, 3.63) is 0 Å². The second-order valence-electron chi connectivity index (χ2n) is 4.84. The number of rotatable bonds is 7. The van der Waals surface area contributed by atoms with Crippen molar-refractivity contribution < 1.29 is 14.3 Å². The van der Waals surface area contributed by atoms with Gasteiger partial charge in [-0.25, -0.2) is 4.79 Å². The highest BCUT2D eigenvalue weighted by Crippen LogP contribution is 2.11. The fourth-order valence-electron chi connectivity index (χ4n) is 2.21. The molecular weight excluding hydrogens is 246 g/mol. The van der Waals surface area contributed by atoms with Gasteiger partial charge in [-0.2, -0.15) is 0 Å². The third kappa shape index (κ3) is 6.42. The lowest BCUT2D eigenvalue weighted by molar-refractivity contribution is -0.118. The summed E-state index contributed by atoms with van der Waals surface area (Å²) in [5.74, 6) is -0.234. The monoisotopic (exact) mass is 271 g/mol. The fourth-order valence-corrected chi connectivity index (χ4v) is 2.21. The molecule has 1 fully saturated rings. The third-order valence-electron chi connectivity index (χ3n) is 3.30. The summed E-state index contributed by atoms with van der Waals surface area (Å²) in [6.45, 7) is 4.64. The quantitative estimate of drug-likeness (QED) is 0.672. The van der Waals surface area contributed by atoms with Crippen molar-refractivity contribution in [1.82, 2.24) is 10.2 Å². The van der Waals surface area contributed by atoms with E-state index in [1.165, 1.54) is 0 Å². The number of amides is 2. The predicted octanol–water partition coefficient (Wildman–Crippen LogP) is 0.853. The molecule has 19 heavy (non-hydrogen) atoms. The number of ether oxygens (including phenoxy) is 1.